The minimum Gasteiger partial charge on any atom is -0.336 e. The van der Waals surface area contributed by atoms with Crippen LogP contribution in [0.2, 0.25) is 0 Å². The van der Waals surface area contributed by atoms with Crippen molar-refractivity contribution >= 4 is 15.9 Å². The molecule has 0 aromatic heterocycles. The summed E-state index contributed by atoms with van der Waals surface area (Å²) in [4.78, 5) is 17.2. The smallest absolute Gasteiger partial charge is 0.253 e. The summed E-state index contributed by atoms with van der Waals surface area (Å²) in [5.41, 5.74) is 1.72. The molecule has 2 aliphatic rings. The molecule has 0 atom stereocenters. The monoisotopic (exact) mass is 422 g/mol. The summed E-state index contributed by atoms with van der Waals surface area (Å²) in [6.45, 7) is 8.06. The SMILES string of the molecule is Cc1ccc(C(=O)N(CCN2CCCCC2)CCS(=O)(=O)N2CCNCC2)cc1. The summed E-state index contributed by atoms with van der Waals surface area (Å²) in [6.07, 6.45) is 3.66. The van der Waals surface area contributed by atoms with Crippen LogP contribution in [0.5, 0.6) is 0 Å². The van der Waals surface area contributed by atoms with E-state index in [9.17, 15) is 13.2 Å². The maximum absolute atomic E-state index is 13.1. The molecule has 2 aliphatic heterocycles. The van der Waals surface area contributed by atoms with E-state index in [2.05, 4.69) is 10.2 Å². The van der Waals surface area contributed by atoms with Crippen molar-refractivity contribution < 1.29 is 13.2 Å². The van der Waals surface area contributed by atoms with Gasteiger partial charge in [0.2, 0.25) is 10.0 Å². The zero-order valence-corrected chi connectivity index (χ0v) is 18.3. The van der Waals surface area contributed by atoms with Crippen LogP contribution >= 0.6 is 0 Å². The zero-order valence-electron chi connectivity index (χ0n) is 17.5. The summed E-state index contributed by atoms with van der Waals surface area (Å²) in [5.74, 6) is -0.109. The van der Waals surface area contributed by atoms with Crippen molar-refractivity contribution in [1.29, 1.82) is 0 Å². The summed E-state index contributed by atoms with van der Waals surface area (Å²) >= 11 is 0. The maximum atomic E-state index is 13.1. The number of aryl methyl sites for hydroxylation is 1. The van der Waals surface area contributed by atoms with Gasteiger partial charge in [-0.1, -0.05) is 24.1 Å². The lowest BCUT2D eigenvalue weighted by Crippen LogP contribution is -2.49. The fourth-order valence-electron chi connectivity index (χ4n) is 3.92. The van der Waals surface area contributed by atoms with E-state index in [0.717, 1.165) is 25.2 Å². The normalized spacial score (nSPS) is 19.2. The Balaban J connectivity index is 1.65. The van der Waals surface area contributed by atoms with Crippen LogP contribution in [0.4, 0.5) is 0 Å². The minimum absolute atomic E-state index is 0.0232. The molecular formula is C21H34N4O3S. The van der Waals surface area contributed by atoms with Crippen molar-refractivity contribution in [1.82, 2.24) is 19.4 Å². The van der Waals surface area contributed by atoms with Crippen LogP contribution in [0.25, 0.3) is 0 Å². The van der Waals surface area contributed by atoms with Gasteiger partial charge in [-0.15, -0.1) is 0 Å². The average molecular weight is 423 g/mol. The highest BCUT2D eigenvalue weighted by atomic mass is 32.2. The van der Waals surface area contributed by atoms with Crippen LogP contribution in [-0.4, -0.2) is 93.1 Å². The molecule has 7 nitrogen and oxygen atoms in total. The molecule has 0 aliphatic carbocycles. The molecule has 3 rings (SSSR count). The number of piperidine rings is 1. The molecule has 1 amide bonds. The number of rotatable bonds is 8. The molecule has 0 spiro atoms. The first kappa shape index (κ1) is 22.2. The number of hydrogen-bond donors (Lipinski definition) is 1. The predicted octanol–water partition coefficient (Wildman–Crippen LogP) is 1.16. The van der Waals surface area contributed by atoms with Crippen molar-refractivity contribution in [3.05, 3.63) is 35.4 Å². The molecule has 1 aromatic carbocycles. The van der Waals surface area contributed by atoms with Crippen molar-refractivity contribution in [2.45, 2.75) is 26.2 Å². The lowest BCUT2D eigenvalue weighted by molar-refractivity contribution is 0.0740. The van der Waals surface area contributed by atoms with Gasteiger partial charge in [-0.05, 0) is 45.0 Å². The fourth-order valence-corrected chi connectivity index (χ4v) is 5.36. The van der Waals surface area contributed by atoms with Gasteiger partial charge in [0.25, 0.3) is 5.91 Å². The molecule has 1 aromatic rings. The molecule has 2 saturated heterocycles. The lowest BCUT2D eigenvalue weighted by Gasteiger charge is -2.31. The molecule has 0 radical (unpaired) electrons. The first-order chi connectivity index (χ1) is 14.0. The number of likely N-dealkylation sites (tertiary alicyclic amines) is 1. The van der Waals surface area contributed by atoms with Crippen LogP contribution in [0, 0.1) is 6.92 Å². The second-order valence-corrected chi connectivity index (χ2v) is 10.1. The van der Waals surface area contributed by atoms with Gasteiger partial charge in [0.05, 0.1) is 5.75 Å². The number of benzene rings is 1. The molecule has 162 valence electrons. The van der Waals surface area contributed by atoms with E-state index in [4.69, 9.17) is 0 Å². The molecular weight excluding hydrogens is 388 g/mol. The number of carbonyl (C=O) groups is 1. The molecule has 29 heavy (non-hydrogen) atoms. The van der Waals surface area contributed by atoms with Crippen molar-refractivity contribution in [2.24, 2.45) is 0 Å². The van der Waals surface area contributed by atoms with Gasteiger partial charge in [-0.25, -0.2) is 8.42 Å². The Morgan fingerprint density at radius 3 is 2.31 bits per heavy atom. The Kier molecular flexibility index (Phi) is 8.06. The van der Waals surface area contributed by atoms with Gasteiger partial charge in [0, 0.05) is 51.4 Å². The highest BCUT2D eigenvalue weighted by molar-refractivity contribution is 7.89. The maximum Gasteiger partial charge on any atom is 0.253 e. The Morgan fingerprint density at radius 2 is 1.66 bits per heavy atom. The highest BCUT2D eigenvalue weighted by Crippen LogP contribution is 2.12. The fraction of sp³-hybridized carbons (Fsp3) is 0.667. The molecule has 1 N–H and O–H groups in total. The number of hydrogen-bond acceptors (Lipinski definition) is 5. The highest BCUT2D eigenvalue weighted by Gasteiger charge is 2.26. The molecule has 8 heteroatoms. The molecule has 0 unspecified atom stereocenters. The van der Waals surface area contributed by atoms with Gasteiger partial charge in [0.15, 0.2) is 0 Å². The second-order valence-electron chi connectivity index (χ2n) is 8.03. The van der Waals surface area contributed by atoms with Crippen molar-refractivity contribution in [3.63, 3.8) is 0 Å². The van der Waals surface area contributed by atoms with E-state index in [1.54, 1.807) is 9.21 Å². The summed E-state index contributed by atoms with van der Waals surface area (Å²) in [7, 11) is -3.36. The van der Waals surface area contributed by atoms with Crippen molar-refractivity contribution in [3.8, 4) is 0 Å². The number of nitrogens with one attached hydrogen (secondary N) is 1. The van der Waals surface area contributed by atoms with Gasteiger partial charge >= 0.3 is 0 Å². The summed E-state index contributed by atoms with van der Waals surface area (Å²) < 4.78 is 27.0. The predicted molar refractivity (Wildman–Crippen MR) is 116 cm³/mol. The lowest BCUT2D eigenvalue weighted by atomic mass is 10.1. The average Bonchev–Trinajstić information content (AvgIpc) is 2.75. The third-order valence-corrected chi connectivity index (χ3v) is 7.66. The topological polar surface area (TPSA) is 73.0 Å². The van der Waals surface area contributed by atoms with E-state index < -0.39 is 10.0 Å². The molecule has 0 saturated carbocycles. The van der Waals surface area contributed by atoms with Crippen LogP contribution in [0.3, 0.4) is 0 Å². The Labute approximate surface area is 175 Å². The first-order valence-electron chi connectivity index (χ1n) is 10.7. The Morgan fingerprint density at radius 1 is 1.00 bits per heavy atom. The number of piperazine rings is 1. The third kappa shape index (κ3) is 6.50. The van der Waals surface area contributed by atoms with E-state index in [1.807, 2.05) is 31.2 Å². The molecule has 2 fully saturated rings. The standard InChI is InChI=1S/C21H34N4O3S/c1-19-5-7-20(8-6-19)21(26)24(16-15-23-11-3-2-4-12-23)17-18-29(27,28)25-13-9-22-10-14-25/h5-8,22H,2-4,9-18H2,1H3. The van der Waals surface area contributed by atoms with Gasteiger partial charge in [-0.3, -0.25) is 4.79 Å². The Hall–Kier alpha value is -1.48. The number of carbonyl (C=O) groups excluding carboxylic acids is 1. The molecule has 2 heterocycles. The van der Waals surface area contributed by atoms with Gasteiger partial charge < -0.3 is 15.1 Å². The van der Waals surface area contributed by atoms with E-state index >= 15 is 0 Å². The van der Waals surface area contributed by atoms with Crippen LogP contribution in [-0.2, 0) is 10.0 Å². The van der Waals surface area contributed by atoms with E-state index in [-0.39, 0.29) is 18.2 Å². The first-order valence-corrected chi connectivity index (χ1v) is 12.3. The van der Waals surface area contributed by atoms with E-state index in [0.29, 0.717) is 38.3 Å². The quantitative estimate of drug-likeness (QED) is 0.681. The van der Waals surface area contributed by atoms with Crippen LogP contribution in [0.15, 0.2) is 24.3 Å². The van der Waals surface area contributed by atoms with Crippen molar-refractivity contribution in [2.75, 3.05) is 64.7 Å². The van der Waals surface area contributed by atoms with E-state index in [1.165, 1.54) is 19.3 Å². The zero-order chi connectivity index (χ0) is 20.7. The molecule has 0 bridgehead atoms. The summed E-state index contributed by atoms with van der Waals surface area (Å²) in [5, 5.41) is 3.18. The van der Waals surface area contributed by atoms with Crippen LogP contribution < -0.4 is 5.32 Å². The minimum atomic E-state index is -3.36. The van der Waals surface area contributed by atoms with Gasteiger partial charge in [-0.2, -0.15) is 4.31 Å². The number of nitrogens with zero attached hydrogens (tertiary/aromatic N) is 3. The summed E-state index contributed by atoms with van der Waals surface area (Å²) in [6, 6.07) is 7.51. The largest absolute Gasteiger partial charge is 0.336 e. The second kappa shape index (κ2) is 10.5. The Bertz CT molecular complexity index is 755. The van der Waals surface area contributed by atoms with Gasteiger partial charge in [0.1, 0.15) is 0 Å². The van der Waals surface area contributed by atoms with Crippen LogP contribution in [0.1, 0.15) is 35.2 Å². The number of sulfonamides is 1. The third-order valence-electron chi connectivity index (χ3n) is 5.81. The number of amides is 1.